The summed E-state index contributed by atoms with van der Waals surface area (Å²) in [6.07, 6.45) is 0. The minimum Gasteiger partial charge on any atom is -0.476 e. The van der Waals surface area contributed by atoms with Crippen molar-refractivity contribution >= 4 is 11.7 Å². The van der Waals surface area contributed by atoms with E-state index in [1.165, 1.54) is 12.1 Å². The Morgan fingerprint density at radius 1 is 1.50 bits per heavy atom. The van der Waals surface area contributed by atoms with Crippen LogP contribution in [0.5, 0.6) is 0 Å². The molecule has 0 aromatic heterocycles. The van der Waals surface area contributed by atoms with Crippen LogP contribution in [-0.2, 0) is 4.79 Å². The molecule has 0 bridgehead atoms. The second-order valence-corrected chi connectivity index (χ2v) is 2.74. The van der Waals surface area contributed by atoms with Crippen LogP contribution >= 0.6 is 0 Å². The molecule has 0 aliphatic carbocycles. The number of carboxylic acids is 1. The Balaban J connectivity index is 3.30. The lowest BCUT2D eigenvalue weighted by molar-refractivity contribution is -0.129. The third-order valence-corrected chi connectivity index (χ3v) is 1.68. The third-order valence-electron chi connectivity index (χ3n) is 1.68. The molecule has 1 rings (SSSR count). The van der Waals surface area contributed by atoms with Gasteiger partial charge in [0.1, 0.15) is 5.82 Å². The number of halogens is 1. The number of oxime groups is 1. The molecule has 0 radical (unpaired) electrons. The Morgan fingerprint density at radius 3 is 2.64 bits per heavy atom. The van der Waals surface area contributed by atoms with Crippen LogP contribution in [0.15, 0.2) is 23.4 Å². The first-order chi connectivity index (χ1) is 6.56. The number of nitrogens with zero attached hydrogens (tertiary/aromatic N) is 1. The topological polar surface area (TPSA) is 69.9 Å². The van der Waals surface area contributed by atoms with E-state index < -0.39 is 17.5 Å². The van der Waals surface area contributed by atoms with E-state index in [2.05, 4.69) is 5.16 Å². The summed E-state index contributed by atoms with van der Waals surface area (Å²) in [5, 5.41) is 19.5. The van der Waals surface area contributed by atoms with Crippen molar-refractivity contribution in [1.29, 1.82) is 0 Å². The maximum absolute atomic E-state index is 13.1. The molecule has 14 heavy (non-hydrogen) atoms. The lowest BCUT2D eigenvalue weighted by Crippen LogP contribution is -2.16. The molecule has 1 aromatic carbocycles. The summed E-state index contributed by atoms with van der Waals surface area (Å²) in [5.74, 6) is -2.21. The molecular formula is C9H8FNO3. The lowest BCUT2D eigenvalue weighted by Gasteiger charge is -2.02. The van der Waals surface area contributed by atoms with Gasteiger partial charge in [0.05, 0.1) is 0 Å². The number of aliphatic carboxylic acids is 1. The maximum Gasteiger partial charge on any atom is 0.358 e. The van der Waals surface area contributed by atoms with Crippen molar-refractivity contribution in [3.8, 4) is 0 Å². The van der Waals surface area contributed by atoms with Crippen molar-refractivity contribution in [2.75, 3.05) is 0 Å². The van der Waals surface area contributed by atoms with Crippen LogP contribution in [0, 0.1) is 12.7 Å². The highest BCUT2D eigenvalue weighted by Gasteiger charge is 2.17. The zero-order valence-electron chi connectivity index (χ0n) is 7.36. The average molecular weight is 197 g/mol. The van der Waals surface area contributed by atoms with E-state index in [4.69, 9.17) is 10.3 Å². The van der Waals surface area contributed by atoms with Gasteiger partial charge in [-0.25, -0.2) is 9.18 Å². The Kier molecular flexibility index (Phi) is 2.81. The largest absolute Gasteiger partial charge is 0.476 e. The van der Waals surface area contributed by atoms with E-state index in [9.17, 15) is 9.18 Å². The predicted molar refractivity (Wildman–Crippen MR) is 47.1 cm³/mol. The summed E-state index contributed by atoms with van der Waals surface area (Å²) < 4.78 is 13.1. The van der Waals surface area contributed by atoms with Gasteiger partial charge in [-0.2, -0.15) is 0 Å². The van der Waals surface area contributed by atoms with E-state index in [1.54, 1.807) is 6.92 Å². The molecule has 0 spiro atoms. The molecular weight excluding hydrogens is 189 g/mol. The van der Waals surface area contributed by atoms with Gasteiger partial charge in [-0.05, 0) is 19.1 Å². The van der Waals surface area contributed by atoms with Gasteiger partial charge in [-0.3, -0.25) is 0 Å². The number of carboxylic acid groups (broad SMARTS) is 1. The summed E-state index contributed by atoms with van der Waals surface area (Å²) in [6, 6.07) is 3.92. The summed E-state index contributed by atoms with van der Waals surface area (Å²) in [4.78, 5) is 10.5. The molecule has 4 nitrogen and oxygen atoms in total. The van der Waals surface area contributed by atoms with Crippen LogP contribution in [0.4, 0.5) is 4.39 Å². The molecule has 74 valence electrons. The second-order valence-electron chi connectivity index (χ2n) is 2.74. The zero-order valence-corrected chi connectivity index (χ0v) is 7.36. The van der Waals surface area contributed by atoms with Crippen molar-refractivity contribution in [2.45, 2.75) is 6.92 Å². The number of hydrogen-bond acceptors (Lipinski definition) is 3. The van der Waals surface area contributed by atoms with Crippen LogP contribution in [0.2, 0.25) is 0 Å². The molecule has 0 saturated carbocycles. The summed E-state index contributed by atoms with van der Waals surface area (Å²) >= 11 is 0. The van der Waals surface area contributed by atoms with Gasteiger partial charge in [0, 0.05) is 5.56 Å². The Morgan fingerprint density at radius 2 is 2.14 bits per heavy atom. The minimum absolute atomic E-state index is 0.222. The smallest absolute Gasteiger partial charge is 0.358 e. The normalized spacial score (nSPS) is 11.4. The van der Waals surface area contributed by atoms with Crippen molar-refractivity contribution in [3.63, 3.8) is 0 Å². The Hall–Kier alpha value is -1.91. The zero-order chi connectivity index (χ0) is 10.7. The van der Waals surface area contributed by atoms with Gasteiger partial charge in [0.25, 0.3) is 0 Å². The monoisotopic (exact) mass is 197 g/mol. The molecule has 0 unspecified atom stereocenters. The lowest BCUT2D eigenvalue weighted by atomic mass is 10.1. The van der Waals surface area contributed by atoms with Gasteiger partial charge < -0.3 is 10.3 Å². The van der Waals surface area contributed by atoms with Gasteiger partial charge >= 0.3 is 5.97 Å². The predicted octanol–water partition coefficient (Wildman–Crippen LogP) is 1.40. The van der Waals surface area contributed by atoms with E-state index >= 15 is 0 Å². The Labute approximate surface area is 79.3 Å². The maximum atomic E-state index is 13.1. The second kappa shape index (κ2) is 3.87. The van der Waals surface area contributed by atoms with Crippen molar-refractivity contribution in [1.82, 2.24) is 0 Å². The standard InChI is InChI=1S/C9H8FNO3/c1-5-2-3-7(10)6(4-5)8(11-14)9(12)13/h2-4,14H,1H3,(H,12,13)/b11-8+. The number of aryl methyl sites for hydroxylation is 1. The molecule has 0 aliphatic rings. The number of carbonyl (C=O) groups is 1. The van der Waals surface area contributed by atoms with Gasteiger partial charge in [0.2, 0.25) is 0 Å². The van der Waals surface area contributed by atoms with Crippen LogP contribution < -0.4 is 0 Å². The molecule has 0 atom stereocenters. The first-order valence-electron chi connectivity index (χ1n) is 3.78. The van der Waals surface area contributed by atoms with Gasteiger partial charge in [-0.15, -0.1) is 0 Å². The van der Waals surface area contributed by atoms with E-state index in [0.717, 1.165) is 6.07 Å². The highest BCUT2D eigenvalue weighted by atomic mass is 19.1. The van der Waals surface area contributed by atoms with Crippen molar-refractivity contribution < 1.29 is 19.5 Å². The fraction of sp³-hybridized carbons (Fsp3) is 0.111. The SMILES string of the molecule is Cc1ccc(F)c(/C(=N\O)C(=O)O)c1. The molecule has 5 heteroatoms. The van der Waals surface area contributed by atoms with Crippen LogP contribution in [0.3, 0.4) is 0 Å². The third kappa shape index (κ3) is 1.87. The highest BCUT2D eigenvalue weighted by Crippen LogP contribution is 2.11. The minimum atomic E-state index is -1.47. The van der Waals surface area contributed by atoms with E-state index in [1.807, 2.05) is 0 Å². The first-order valence-corrected chi connectivity index (χ1v) is 3.78. The molecule has 0 amide bonds. The molecule has 1 aromatic rings. The number of benzene rings is 1. The molecule has 0 fully saturated rings. The molecule has 0 aliphatic heterocycles. The molecule has 0 heterocycles. The molecule has 0 saturated heterocycles. The number of hydrogen-bond donors (Lipinski definition) is 2. The van der Waals surface area contributed by atoms with Crippen molar-refractivity contribution in [2.24, 2.45) is 5.16 Å². The average Bonchev–Trinajstić information content (AvgIpc) is 2.11. The summed E-state index contributed by atoms with van der Waals surface area (Å²) in [5.41, 5.74) is -0.241. The fourth-order valence-electron chi connectivity index (χ4n) is 1.03. The summed E-state index contributed by atoms with van der Waals surface area (Å²) in [6.45, 7) is 1.68. The summed E-state index contributed by atoms with van der Waals surface area (Å²) in [7, 11) is 0. The van der Waals surface area contributed by atoms with Crippen LogP contribution in [0.1, 0.15) is 11.1 Å². The fourth-order valence-corrected chi connectivity index (χ4v) is 1.03. The van der Waals surface area contributed by atoms with Crippen LogP contribution in [0.25, 0.3) is 0 Å². The first kappa shape index (κ1) is 10.2. The van der Waals surface area contributed by atoms with Crippen molar-refractivity contribution in [3.05, 3.63) is 35.1 Å². The highest BCUT2D eigenvalue weighted by molar-refractivity contribution is 6.42. The van der Waals surface area contributed by atoms with Gasteiger partial charge in [-0.1, -0.05) is 16.8 Å². The molecule has 2 N–H and O–H groups in total. The Bertz CT molecular complexity index is 401. The number of rotatable bonds is 2. The quantitative estimate of drug-likeness (QED) is 0.427. The van der Waals surface area contributed by atoms with Crippen LogP contribution in [-0.4, -0.2) is 22.0 Å². The van der Waals surface area contributed by atoms with E-state index in [0.29, 0.717) is 5.56 Å². The van der Waals surface area contributed by atoms with Gasteiger partial charge in [0.15, 0.2) is 5.71 Å². The van der Waals surface area contributed by atoms with E-state index in [-0.39, 0.29) is 5.56 Å².